The number of aryl methyl sites for hydroxylation is 1. The highest BCUT2D eigenvalue weighted by Crippen LogP contribution is 2.36. The van der Waals surface area contributed by atoms with Crippen molar-refractivity contribution in [2.75, 3.05) is 0 Å². The molecule has 2 aromatic carbocycles. The van der Waals surface area contributed by atoms with Gasteiger partial charge in [-0.1, -0.05) is 36.4 Å². The van der Waals surface area contributed by atoms with Gasteiger partial charge in [0, 0.05) is 25.5 Å². The highest BCUT2D eigenvalue weighted by molar-refractivity contribution is 9.10. The lowest BCUT2D eigenvalue weighted by molar-refractivity contribution is 1.22. The summed E-state index contributed by atoms with van der Waals surface area (Å²) in [6.07, 6.45) is 0. The fourth-order valence-corrected chi connectivity index (χ4v) is 4.53. The molecule has 2 aromatic heterocycles. The molecule has 0 amide bonds. The van der Waals surface area contributed by atoms with Gasteiger partial charge in [0.05, 0.1) is 0 Å². The molecular weight excluding hydrogens is 408 g/mol. The van der Waals surface area contributed by atoms with E-state index in [-0.39, 0.29) is 11.1 Å². The molecule has 0 aliphatic rings. The first-order chi connectivity index (χ1) is 12.6. The number of pyridine rings is 1. The predicted molar refractivity (Wildman–Crippen MR) is 110 cm³/mol. The number of fused-ring (bicyclic) bond motifs is 1. The normalized spacial score (nSPS) is 10.8. The predicted octanol–water partition coefficient (Wildman–Crippen LogP) is 5.87. The van der Waals surface area contributed by atoms with E-state index in [1.165, 1.54) is 0 Å². The lowest BCUT2D eigenvalue weighted by Crippen LogP contribution is -2.12. The SMILES string of the molecule is Cc1sc(-c2cc(-c3ccc4ccccc4c3)[nH]c(=O)c2C#N)cc1Br. The summed E-state index contributed by atoms with van der Waals surface area (Å²) in [6, 6.07) is 20.1. The Labute approximate surface area is 162 Å². The zero-order valence-corrected chi connectivity index (χ0v) is 16.2. The van der Waals surface area contributed by atoms with Crippen LogP contribution in [0.2, 0.25) is 0 Å². The summed E-state index contributed by atoms with van der Waals surface area (Å²) in [6.45, 7) is 2.00. The lowest BCUT2D eigenvalue weighted by Gasteiger charge is -2.08. The fraction of sp³-hybridized carbons (Fsp3) is 0.0476. The maximum Gasteiger partial charge on any atom is 0.267 e. The minimum Gasteiger partial charge on any atom is -0.321 e. The van der Waals surface area contributed by atoms with Crippen molar-refractivity contribution in [2.24, 2.45) is 0 Å². The molecular formula is C21H13BrN2OS. The summed E-state index contributed by atoms with van der Waals surface area (Å²) in [5.74, 6) is 0. The van der Waals surface area contributed by atoms with Gasteiger partial charge < -0.3 is 4.98 Å². The molecule has 0 bridgehead atoms. The van der Waals surface area contributed by atoms with Crippen LogP contribution in [0, 0.1) is 18.3 Å². The van der Waals surface area contributed by atoms with Crippen molar-refractivity contribution in [2.45, 2.75) is 6.92 Å². The molecule has 126 valence electrons. The van der Waals surface area contributed by atoms with Crippen LogP contribution in [-0.2, 0) is 0 Å². The fourth-order valence-electron chi connectivity index (χ4n) is 2.97. The third-order valence-corrected chi connectivity index (χ3v) is 6.50. The van der Waals surface area contributed by atoms with Gasteiger partial charge >= 0.3 is 0 Å². The van der Waals surface area contributed by atoms with Crippen molar-refractivity contribution < 1.29 is 0 Å². The monoisotopic (exact) mass is 420 g/mol. The molecule has 5 heteroatoms. The summed E-state index contributed by atoms with van der Waals surface area (Å²) < 4.78 is 0.980. The first-order valence-electron chi connectivity index (χ1n) is 8.00. The number of nitrogens with one attached hydrogen (secondary N) is 1. The molecule has 4 aromatic rings. The maximum atomic E-state index is 12.5. The van der Waals surface area contributed by atoms with Crippen molar-refractivity contribution in [3.63, 3.8) is 0 Å². The summed E-state index contributed by atoms with van der Waals surface area (Å²) >= 11 is 5.07. The third kappa shape index (κ3) is 2.88. The number of nitriles is 1. The second-order valence-corrected chi connectivity index (χ2v) is 8.10. The molecule has 4 rings (SSSR count). The Balaban J connectivity index is 1.94. The van der Waals surface area contributed by atoms with Crippen molar-refractivity contribution in [1.29, 1.82) is 5.26 Å². The minimum absolute atomic E-state index is 0.142. The number of hydrogen-bond acceptors (Lipinski definition) is 3. The number of benzene rings is 2. The summed E-state index contributed by atoms with van der Waals surface area (Å²) in [5.41, 5.74) is 2.06. The van der Waals surface area contributed by atoms with E-state index < -0.39 is 0 Å². The molecule has 0 spiro atoms. The van der Waals surface area contributed by atoms with Crippen LogP contribution in [0.3, 0.4) is 0 Å². The van der Waals surface area contributed by atoms with E-state index in [0.717, 1.165) is 30.6 Å². The first kappa shape index (κ1) is 16.8. The molecule has 0 unspecified atom stereocenters. The van der Waals surface area contributed by atoms with Gasteiger partial charge in [0.2, 0.25) is 0 Å². The van der Waals surface area contributed by atoms with E-state index in [9.17, 15) is 10.1 Å². The van der Waals surface area contributed by atoms with Crippen LogP contribution in [0.5, 0.6) is 0 Å². The van der Waals surface area contributed by atoms with Gasteiger partial charge in [0.25, 0.3) is 5.56 Å². The Kier molecular flexibility index (Phi) is 4.23. The molecule has 0 saturated carbocycles. The molecule has 2 heterocycles. The Morgan fingerprint density at radius 2 is 1.85 bits per heavy atom. The van der Waals surface area contributed by atoms with Gasteiger partial charge in [-0.25, -0.2) is 0 Å². The van der Waals surface area contributed by atoms with Crippen molar-refractivity contribution >= 4 is 38.0 Å². The molecule has 0 radical (unpaired) electrons. The van der Waals surface area contributed by atoms with E-state index in [1.54, 1.807) is 11.3 Å². The van der Waals surface area contributed by atoms with E-state index in [4.69, 9.17) is 0 Å². The number of thiophene rings is 1. The van der Waals surface area contributed by atoms with Crippen LogP contribution in [0.15, 0.2) is 63.9 Å². The Bertz CT molecular complexity index is 1230. The van der Waals surface area contributed by atoms with E-state index >= 15 is 0 Å². The summed E-state index contributed by atoms with van der Waals surface area (Å²) in [7, 11) is 0. The van der Waals surface area contributed by atoms with Gasteiger partial charge in [-0.05, 0) is 57.4 Å². The molecule has 0 aliphatic carbocycles. The molecule has 0 atom stereocenters. The molecule has 3 nitrogen and oxygen atoms in total. The number of rotatable bonds is 2. The first-order valence-corrected chi connectivity index (χ1v) is 9.60. The highest BCUT2D eigenvalue weighted by atomic mass is 79.9. The average molecular weight is 421 g/mol. The van der Waals surface area contributed by atoms with Crippen LogP contribution in [0.25, 0.3) is 32.5 Å². The van der Waals surface area contributed by atoms with Crippen molar-refractivity contribution in [3.05, 3.63) is 79.9 Å². The van der Waals surface area contributed by atoms with E-state index in [1.807, 2.05) is 61.5 Å². The number of aromatic nitrogens is 1. The Morgan fingerprint density at radius 1 is 1.08 bits per heavy atom. The van der Waals surface area contributed by atoms with Crippen LogP contribution < -0.4 is 5.56 Å². The Hall–Kier alpha value is -2.68. The smallest absolute Gasteiger partial charge is 0.267 e. The molecule has 26 heavy (non-hydrogen) atoms. The zero-order chi connectivity index (χ0) is 18.3. The molecule has 0 fully saturated rings. The van der Waals surface area contributed by atoms with Crippen molar-refractivity contribution in [1.82, 2.24) is 4.98 Å². The van der Waals surface area contributed by atoms with Crippen LogP contribution in [-0.4, -0.2) is 4.98 Å². The van der Waals surface area contributed by atoms with Gasteiger partial charge in [0.15, 0.2) is 0 Å². The van der Waals surface area contributed by atoms with Gasteiger partial charge in [-0.2, -0.15) is 5.26 Å². The van der Waals surface area contributed by atoms with Gasteiger partial charge in [0.1, 0.15) is 11.6 Å². The standard InChI is InChI=1S/C21H13BrN2OS/c1-12-18(22)10-20(26-12)16-9-19(24-21(25)17(16)11-23)15-7-6-13-4-2-3-5-14(13)8-15/h2-10H,1H3,(H,24,25). The van der Waals surface area contributed by atoms with E-state index in [2.05, 4.69) is 27.0 Å². The highest BCUT2D eigenvalue weighted by Gasteiger charge is 2.15. The topological polar surface area (TPSA) is 56.6 Å². The largest absolute Gasteiger partial charge is 0.321 e. The van der Waals surface area contributed by atoms with Gasteiger partial charge in [-0.3, -0.25) is 4.79 Å². The van der Waals surface area contributed by atoms with E-state index in [0.29, 0.717) is 11.3 Å². The summed E-state index contributed by atoms with van der Waals surface area (Å²) in [4.78, 5) is 17.4. The second kappa shape index (κ2) is 6.56. The quantitative estimate of drug-likeness (QED) is 0.440. The average Bonchev–Trinajstić information content (AvgIpc) is 2.99. The molecule has 0 aliphatic heterocycles. The maximum absolute atomic E-state index is 12.5. The third-order valence-electron chi connectivity index (χ3n) is 4.33. The van der Waals surface area contributed by atoms with Crippen LogP contribution in [0.4, 0.5) is 0 Å². The Morgan fingerprint density at radius 3 is 2.54 bits per heavy atom. The molecule has 0 saturated heterocycles. The molecule has 1 N–H and O–H groups in total. The minimum atomic E-state index is -0.365. The van der Waals surface area contributed by atoms with Crippen molar-refractivity contribution in [3.8, 4) is 27.8 Å². The number of H-pyrrole nitrogens is 1. The number of halogens is 1. The summed E-state index contributed by atoms with van der Waals surface area (Å²) in [5, 5.41) is 11.7. The zero-order valence-electron chi connectivity index (χ0n) is 13.8. The number of aromatic amines is 1. The number of nitrogens with zero attached hydrogens (tertiary/aromatic N) is 1. The van der Waals surface area contributed by atoms with Crippen LogP contribution in [0.1, 0.15) is 10.4 Å². The second-order valence-electron chi connectivity index (χ2n) is 5.99. The number of hydrogen-bond donors (Lipinski definition) is 1. The van der Waals surface area contributed by atoms with Crippen LogP contribution >= 0.6 is 27.3 Å². The lowest BCUT2D eigenvalue weighted by atomic mass is 10.0. The van der Waals surface area contributed by atoms with Gasteiger partial charge in [-0.15, -0.1) is 11.3 Å².